The smallest absolute Gasteiger partial charge is 0.269 e. The zero-order valence-corrected chi connectivity index (χ0v) is 14.2. The van der Waals surface area contributed by atoms with Gasteiger partial charge in [-0.2, -0.15) is 5.10 Å². The van der Waals surface area contributed by atoms with Gasteiger partial charge in [-0.3, -0.25) is 9.93 Å². The van der Waals surface area contributed by atoms with E-state index in [0.717, 1.165) is 40.2 Å². The molecule has 0 bridgehead atoms. The van der Waals surface area contributed by atoms with Crippen LogP contribution in [0, 0.1) is 0 Å². The first-order chi connectivity index (χ1) is 12.1. The fraction of sp³-hybridized carbons (Fsp3) is 0.111. The van der Waals surface area contributed by atoms with Gasteiger partial charge in [0.05, 0.1) is 11.4 Å². The summed E-state index contributed by atoms with van der Waals surface area (Å²) in [5.41, 5.74) is 17.3. The van der Waals surface area contributed by atoms with Crippen molar-refractivity contribution in [3.05, 3.63) is 59.3 Å². The molecule has 1 aliphatic carbocycles. The number of rotatable bonds is 3. The fourth-order valence-corrected chi connectivity index (χ4v) is 3.60. The number of benzene rings is 2. The topological polar surface area (TPSA) is 113 Å². The first-order valence-corrected chi connectivity index (χ1v) is 8.74. The molecule has 0 unspecified atom stereocenters. The molecule has 0 fully saturated rings. The number of fused-ring (bicyclic) bond motifs is 3. The van der Waals surface area contributed by atoms with Gasteiger partial charge in [0.25, 0.3) is 5.91 Å². The number of aryl methyl sites for hydroxylation is 1. The summed E-state index contributed by atoms with van der Waals surface area (Å²) in [5, 5.41) is 10.1. The Bertz CT molecular complexity index is 978. The molecule has 0 saturated carbocycles. The molecule has 1 heterocycles. The largest absolute Gasteiger partial charge is 0.399 e. The molecule has 4 rings (SSSR count). The Morgan fingerprint density at radius 3 is 2.56 bits per heavy atom. The molecule has 1 aromatic heterocycles. The summed E-state index contributed by atoms with van der Waals surface area (Å²) in [5.74, 6) is -0.517. The van der Waals surface area contributed by atoms with Crippen LogP contribution in [0.2, 0.25) is 0 Å². The van der Waals surface area contributed by atoms with Crippen LogP contribution in [0.15, 0.2) is 47.4 Å². The number of anilines is 1. The number of hydrogen-bond acceptors (Lipinski definition) is 5. The summed E-state index contributed by atoms with van der Waals surface area (Å²) in [7, 11) is 0. The molecule has 0 saturated heterocycles. The molecule has 126 valence electrons. The molecule has 1 aliphatic rings. The van der Waals surface area contributed by atoms with Crippen molar-refractivity contribution in [2.75, 3.05) is 5.73 Å². The van der Waals surface area contributed by atoms with Crippen molar-refractivity contribution in [1.82, 2.24) is 9.78 Å². The molecule has 3 aromatic rings. The maximum Gasteiger partial charge on any atom is 0.269 e. The Kier molecular flexibility index (Phi) is 3.74. The first kappa shape index (κ1) is 15.7. The highest BCUT2D eigenvalue weighted by molar-refractivity contribution is 7.97. The quantitative estimate of drug-likeness (QED) is 0.495. The molecule has 0 radical (unpaired) electrons. The number of primary amides is 1. The average molecular weight is 351 g/mol. The van der Waals surface area contributed by atoms with E-state index in [1.807, 2.05) is 42.5 Å². The molecule has 7 heteroatoms. The summed E-state index contributed by atoms with van der Waals surface area (Å²) in [4.78, 5) is 12.8. The van der Waals surface area contributed by atoms with E-state index in [9.17, 15) is 4.79 Å². The van der Waals surface area contributed by atoms with Crippen molar-refractivity contribution >= 4 is 23.5 Å². The molecule has 0 spiro atoms. The molecule has 0 aliphatic heterocycles. The molecule has 6 nitrogen and oxygen atoms in total. The van der Waals surface area contributed by atoms with Gasteiger partial charge in [-0.05, 0) is 66.8 Å². The number of aromatic nitrogens is 2. The third-order valence-corrected chi connectivity index (χ3v) is 5.01. The Labute approximate surface area is 149 Å². The van der Waals surface area contributed by atoms with Crippen molar-refractivity contribution in [1.29, 1.82) is 0 Å². The molecule has 1 amide bonds. The van der Waals surface area contributed by atoms with Gasteiger partial charge in [0, 0.05) is 21.7 Å². The van der Waals surface area contributed by atoms with Gasteiger partial charge in [0.2, 0.25) is 0 Å². The highest BCUT2D eigenvalue weighted by Crippen LogP contribution is 2.38. The monoisotopic (exact) mass is 351 g/mol. The fourth-order valence-electron chi connectivity index (χ4n) is 3.31. The van der Waals surface area contributed by atoms with Crippen LogP contribution in [0.4, 0.5) is 5.69 Å². The number of nitrogens with zero attached hydrogens (tertiary/aromatic N) is 2. The Balaban J connectivity index is 1.98. The maximum absolute atomic E-state index is 11.9. The van der Waals surface area contributed by atoms with E-state index in [0.29, 0.717) is 11.4 Å². The third-order valence-electron chi connectivity index (χ3n) is 4.47. The molecule has 2 aromatic carbocycles. The van der Waals surface area contributed by atoms with Gasteiger partial charge >= 0.3 is 0 Å². The predicted octanol–water partition coefficient (Wildman–Crippen LogP) is 2.28. The summed E-state index contributed by atoms with van der Waals surface area (Å²) in [6.07, 6.45) is 1.55. The number of hydrogen-bond donors (Lipinski definition) is 3. The second-order valence-electron chi connectivity index (χ2n) is 5.98. The van der Waals surface area contributed by atoms with Crippen LogP contribution in [0.25, 0.3) is 16.9 Å². The zero-order chi connectivity index (χ0) is 17.6. The normalized spacial score (nSPS) is 12.5. The van der Waals surface area contributed by atoms with Crippen molar-refractivity contribution in [2.24, 2.45) is 10.9 Å². The zero-order valence-electron chi connectivity index (χ0n) is 13.4. The second kappa shape index (κ2) is 5.94. The average Bonchev–Trinajstić information content (AvgIpc) is 3.02. The first-order valence-electron chi connectivity index (χ1n) is 7.86. The van der Waals surface area contributed by atoms with E-state index in [1.165, 1.54) is 17.5 Å². The van der Waals surface area contributed by atoms with Crippen LogP contribution in [0.1, 0.15) is 21.6 Å². The van der Waals surface area contributed by atoms with Crippen LogP contribution in [0.5, 0.6) is 0 Å². The van der Waals surface area contributed by atoms with Crippen molar-refractivity contribution in [3.63, 3.8) is 0 Å². The van der Waals surface area contributed by atoms with Gasteiger partial charge in [-0.1, -0.05) is 6.07 Å². The molecule has 25 heavy (non-hydrogen) atoms. The van der Waals surface area contributed by atoms with Crippen LogP contribution in [-0.2, 0) is 12.8 Å². The standard InChI is InChI=1S/C18H17N5OS/c19-11-3-1-10-2-8-14-16(18(20)24)22-23(17(14)15(10)9-11)12-4-6-13(25-21)7-5-12/h1,3-7,9H,2,8,19,21H2,(H2,20,24). The predicted molar refractivity (Wildman–Crippen MR) is 99.4 cm³/mol. The lowest BCUT2D eigenvalue weighted by molar-refractivity contribution is 0.0994. The van der Waals surface area contributed by atoms with Gasteiger partial charge < -0.3 is 11.5 Å². The van der Waals surface area contributed by atoms with Crippen LogP contribution < -0.4 is 16.6 Å². The van der Waals surface area contributed by atoms with E-state index in [4.69, 9.17) is 16.6 Å². The summed E-state index contributed by atoms with van der Waals surface area (Å²) < 4.78 is 1.78. The third kappa shape index (κ3) is 2.57. The van der Waals surface area contributed by atoms with Gasteiger partial charge in [0.1, 0.15) is 0 Å². The number of carbonyl (C=O) groups is 1. The highest BCUT2D eigenvalue weighted by atomic mass is 32.2. The van der Waals surface area contributed by atoms with Crippen LogP contribution >= 0.6 is 11.9 Å². The SMILES string of the molecule is NSc1ccc(-n2nc(C(N)=O)c3c2-c2cc(N)ccc2CC3)cc1. The number of carbonyl (C=O) groups excluding carboxylic acids is 1. The number of nitrogens with two attached hydrogens (primary N) is 3. The van der Waals surface area contributed by atoms with Gasteiger partial charge in [-0.15, -0.1) is 0 Å². The van der Waals surface area contributed by atoms with Gasteiger partial charge in [0.15, 0.2) is 5.69 Å². The Morgan fingerprint density at radius 1 is 1.12 bits per heavy atom. The van der Waals surface area contributed by atoms with E-state index >= 15 is 0 Å². The molecule has 6 N–H and O–H groups in total. The Morgan fingerprint density at radius 2 is 1.88 bits per heavy atom. The van der Waals surface area contributed by atoms with Crippen LogP contribution in [-0.4, -0.2) is 15.7 Å². The van der Waals surface area contributed by atoms with E-state index < -0.39 is 5.91 Å². The summed E-state index contributed by atoms with van der Waals surface area (Å²) in [6.45, 7) is 0. The number of amides is 1. The molecular weight excluding hydrogens is 334 g/mol. The summed E-state index contributed by atoms with van der Waals surface area (Å²) >= 11 is 1.18. The van der Waals surface area contributed by atoms with E-state index in [1.54, 1.807) is 4.68 Å². The van der Waals surface area contributed by atoms with Gasteiger partial charge in [-0.25, -0.2) is 4.68 Å². The van der Waals surface area contributed by atoms with Crippen molar-refractivity contribution < 1.29 is 4.79 Å². The van der Waals surface area contributed by atoms with E-state index in [2.05, 4.69) is 5.10 Å². The van der Waals surface area contributed by atoms with E-state index in [-0.39, 0.29) is 0 Å². The Hall–Kier alpha value is -2.77. The summed E-state index contributed by atoms with van der Waals surface area (Å²) in [6, 6.07) is 13.5. The lowest BCUT2D eigenvalue weighted by Gasteiger charge is -2.19. The maximum atomic E-state index is 11.9. The molecular formula is C18H17N5OS. The van der Waals surface area contributed by atoms with Crippen LogP contribution in [0.3, 0.4) is 0 Å². The second-order valence-corrected chi connectivity index (χ2v) is 6.69. The minimum atomic E-state index is -0.517. The lowest BCUT2D eigenvalue weighted by Crippen LogP contribution is -2.15. The van der Waals surface area contributed by atoms with Crippen molar-refractivity contribution in [2.45, 2.75) is 17.7 Å². The minimum absolute atomic E-state index is 0.320. The minimum Gasteiger partial charge on any atom is -0.399 e. The number of nitrogen functional groups attached to an aromatic ring is 1. The molecule has 0 atom stereocenters. The lowest BCUT2D eigenvalue weighted by atomic mass is 9.88. The van der Waals surface area contributed by atoms with Crippen molar-refractivity contribution in [3.8, 4) is 16.9 Å². The highest BCUT2D eigenvalue weighted by Gasteiger charge is 2.28.